The minimum atomic E-state index is 0.517. The number of furan rings is 1. The van der Waals surface area contributed by atoms with Crippen molar-refractivity contribution in [3.8, 4) is 0 Å². The highest BCUT2D eigenvalue weighted by molar-refractivity contribution is 7.99. The predicted octanol–water partition coefficient (Wildman–Crippen LogP) is 4.30. The molecule has 0 saturated heterocycles. The molecule has 0 aliphatic heterocycles. The van der Waals surface area contributed by atoms with E-state index < -0.39 is 0 Å². The highest BCUT2D eigenvalue weighted by Gasteiger charge is 2.22. The summed E-state index contributed by atoms with van der Waals surface area (Å²) in [5.74, 6) is 1.51. The number of nitrogens with one attached hydrogen (secondary N) is 1. The van der Waals surface area contributed by atoms with Crippen LogP contribution in [-0.2, 0) is 0 Å². The number of benzene rings is 1. The van der Waals surface area contributed by atoms with E-state index in [1.807, 2.05) is 24.3 Å². The second-order valence-corrected chi connectivity index (χ2v) is 7.00. The van der Waals surface area contributed by atoms with Crippen LogP contribution in [0.15, 0.2) is 45.2 Å². The number of rotatable bonds is 3. The van der Waals surface area contributed by atoms with Gasteiger partial charge in [-0.25, -0.2) is 15.0 Å². The third-order valence-corrected chi connectivity index (χ3v) is 5.39. The zero-order valence-electron chi connectivity index (χ0n) is 12.9. The van der Waals surface area contributed by atoms with E-state index in [1.54, 1.807) is 6.33 Å². The SMILES string of the molecule is c1ccc2c(c1)oc1c(Sc3n[nH]c(C4CCCC4)n3)ncnc12. The maximum Gasteiger partial charge on any atom is 0.214 e. The third-order valence-electron chi connectivity index (χ3n) is 4.54. The number of aromatic amines is 1. The number of para-hydroxylation sites is 1. The summed E-state index contributed by atoms with van der Waals surface area (Å²) < 4.78 is 5.95. The first kappa shape index (κ1) is 14.0. The number of H-pyrrole nitrogens is 1. The maximum absolute atomic E-state index is 5.95. The van der Waals surface area contributed by atoms with Gasteiger partial charge in [-0.2, -0.15) is 0 Å². The number of hydrogen-bond acceptors (Lipinski definition) is 6. The Balaban J connectivity index is 1.52. The van der Waals surface area contributed by atoms with Crippen LogP contribution in [0.3, 0.4) is 0 Å². The quantitative estimate of drug-likeness (QED) is 0.561. The molecule has 3 aromatic heterocycles. The molecule has 3 heterocycles. The number of hydrogen-bond donors (Lipinski definition) is 1. The first-order valence-corrected chi connectivity index (χ1v) is 8.92. The summed E-state index contributed by atoms with van der Waals surface area (Å²) >= 11 is 1.41. The summed E-state index contributed by atoms with van der Waals surface area (Å²) in [4.78, 5) is 13.4. The molecule has 0 radical (unpaired) electrons. The van der Waals surface area contributed by atoms with Gasteiger partial charge in [0.15, 0.2) is 10.6 Å². The molecular weight excluding hydrogens is 322 g/mol. The topological polar surface area (TPSA) is 80.5 Å². The fourth-order valence-electron chi connectivity index (χ4n) is 3.35. The van der Waals surface area contributed by atoms with Gasteiger partial charge in [0.2, 0.25) is 5.16 Å². The fraction of sp³-hybridized carbons (Fsp3) is 0.294. The molecule has 6 nitrogen and oxygen atoms in total. The molecule has 0 bridgehead atoms. The lowest BCUT2D eigenvalue weighted by Crippen LogP contribution is -1.94. The van der Waals surface area contributed by atoms with Gasteiger partial charge in [0.05, 0.1) is 0 Å². The lowest BCUT2D eigenvalue weighted by Gasteiger charge is -2.01. The average Bonchev–Trinajstić information content (AvgIpc) is 3.34. The van der Waals surface area contributed by atoms with Crippen LogP contribution in [0.1, 0.15) is 37.4 Å². The van der Waals surface area contributed by atoms with E-state index in [1.165, 1.54) is 37.4 Å². The van der Waals surface area contributed by atoms with Crippen LogP contribution >= 0.6 is 11.8 Å². The molecule has 0 spiro atoms. The number of fused-ring (bicyclic) bond motifs is 3. The zero-order chi connectivity index (χ0) is 15.9. The van der Waals surface area contributed by atoms with Gasteiger partial charge in [-0.15, -0.1) is 5.10 Å². The highest BCUT2D eigenvalue weighted by atomic mass is 32.2. The Bertz CT molecular complexity index is 1020. The molecule has 1 aliphatic carbocycles. The van der Waals surface area contributed by atoms with E-state index in [0.29, 0.717) is 16.7 Å². The van der Waals surface area contributed by atoms with E-state index in [0.717, 1.165) is 27.3 Å². The molecule has 0 amide bonds. The van der Waals surface area contributed by atoms with Gasteiger partial charge >= 0.3 is 0 Å². The normalized spacial score (nSPS) is 15.7. The minimum Gasteiger partial charge on any atom is -0.451 e. The van der Waals surface area contributed by atoms with Crippen molar-refractivity contribution in [1.82, 2.24) is 25.1 Å². The van der Waals surface area contributed by atoms with Crippen molar-refractivity contribution in [3.05, 3.63) is 36.4 Å². The monoisotopic (exact) mass is 337 g/mol. The molecule has 0 atom stereocenters. The van der Waals surface area contributed by atoms with Crippen LogP contribution in [0.4, 0.5) is 0 Å². The van der Waals surface area contributed by atoms with Crippen LogP contribution in [-0.4, -0.2) is 25.1 Å². The van der Waals surface area contributed by atoms with Gasteiger partial charge in [0.25, 0.3) is 0 Å². The lowest BCUT2D eigenvalue weighted by molar-refractivity contribution is 0.653. The molecule has 1 aliphatic rings. The van der Waals surface area contributed by atoms with E-state index in [-0.39, 0.29) is 0 Å². The molecule has 1 fully saturated rings. The van der Waals surface area contributed by atoms with Crippen molar-refractivity contribution in [1.29, 1.82) is 0 Å². The van der Waals surface area contributed by atoms with E-state index in [4.69, 9.17) is 4.42 Å². The van der Waals surface area contributed by atoms with Gasteiger partial charge in [0.1, 0.15) is 23.3 Å². The summed E-state index contributed by atoms with van der Waals surface area (Å²) in [6.07, 6.45) is 6.51. The van der Waals surface area contributed by atoms with E-state index >= 15 is 0 Å². The second-order valence-electron chi connectivity index (χ2n) is 6.04. The Morgan fingerprint density at radius 2 is 2.00 bits per heavy atom. The first-order valence-electron chi connectivity index (χ1n) is 8.11. The fourth-order valence-corrected chi connectivity index (χ4v) is 4.09. The third kappa shape index (κ3) is 2.27. The Hall–Kier alpha value is -2.41. The van der Waals surface area contributed by atoms with Crippen molar-refractivity contribution in [2.24, 2.45) is 0 Å². The predicted molar refractivity (Wildman–Crippen MR) is 91.0 cm³/mol. The van der Waals surface area contributed by atoms with Gasteiger partial charge in [0, 0.05) is 11.3 Å². The Morgan fingerprint density at radius 1 is 1.12 bits per heavy atom. The van der Waals surface area contributed by atoms with Gasteiger partial charge in [-0.3, -0.25) is 5.10 Å². The molecule has 4 aromatic rings. The first-order chi connectivity index (χ1) is 11.9. The Kier molecular flexibility index (Phi) is 3.26. The Labute approximate surface area is 142 Å². The van der Waals surface area contributed by atoms with Crippen molar-refractivity contribution in [2.75, 3.05) is 0 Å². The Morgan fingerprint density at radius 3 is 2.92 bits per heavy atom. The summed E-state index contributed by atoms with van der Waals surface area (Å²) in [6, 6.07) is 7.88. The summed E-state index contributed by atoms with van der Waals surface area (Å²) in [5, 5.41) is 9.85. The molecule has 0 unspecified atom stereocenters. The molecule has 1 N–H and O–H groups in total. The van der Waals surface area contributed by atoms with Gasteiger partial charge < -0.3 is 4.42 Å². The van der Waals surface area contributed by atoms with Crippen molar-refractivity contribution >= 4 is 33.8 Å². The van der Waals surface area contributed by atoms with Crippen molar-refractivity contribution in [2.45, 2.75) is 41.8 Å². The number of aromatic nitrogens is 5. The highest BCUT2D eigenvalue weighted by Crippen LogP contribution is 2.36. The van der Waals surface area contributed by atoms with Crippen molar-refractivity contribution < 1.29 is 4.42 Å². The molecule has 120 valence electrons. The van der Waals surface area contributed by atoms with Crippen LogP contribution in [0.5, 0.6) is 0 Å². The summed E-state index contributed by atoms with van der Waals surface area (Å²) in [7, 11) is 0. The van der Waals surface area contributed by atoms with Crippen LogP contribution in [0.25, 0.3) is 22.1 Å². The summed E-state index contributed by atoms with van der Waals surface area (Å²) in [5.41, 5.74) is 2.34. The van der Waals surface area contributed by atoms with Crippen LogP contribution in [0.2, 0.25) is 0 Å². The molecular formula is C17H15N5OS. The minimum absolute atomic E-state index is 0.517. The van der Waals surface area contributed by atoms with Crippen LogP contribution < -0.4 is 0 Å². The lowest BCUT2D eigenvalue weighted by atomic mass is 10.1. The van der Waals surface area contributed by atoms with E-state index in [9.17, 15) is 0 Å². The summed E-state index contributed by atoms with van der Waals surface area (Å²) in [6.45, 7) is 0. The van der Waals surface area contributed by atoms with Gasteiger partial charge in [-0.1, -0.05) is 25.0 Å². The molecule has 24 heavy (non-hydrogen) atoms. The smallest absolute Gasteiger partial charge is 0.214 e. The molecule has 1 saturated carbocycles. The number of nitrogens with zero attached hydrogens (tertiary/aromatic N) is 4. The molecule has 7 heteroatoms. The second kappa shape index (κ2) is 5.59. The standard InChI is InChI=1S/C17H15N5OS/c1-2-6-10(5-1)15-20-17(22-21-15)24-16-14-13(18-9-19-16)11-7-3-4-8-12(11)23-14/h3-4,7-10H,1-2,5-6H2,(H,20,21,22). The molecule has 5 rings (SSSR count). The van der Waals surface area contributed by atoms with Crippen molar-refractivity contribution in [3.63, 3.8) is 0 Å². The maximum atomic E-state index is 5.95. The van der Waals surface area contributed by atoms with Crippen LogP contribution in [0, 0.1) is 0 Å². The van der Waals surface area contributed by atoms with Gasteiger partial charge in [-0.05, 0) is 36.7 Å². The largest absolute Gasteiger partial charge is 0.451 e. The average molecular weight is 337 g/mol. The van der Waals surface area contributed by atoms with E-state index in [2.05, 4.69) is 25.1 Å². The molecule has 1 aromatic carbocycles. The zero-order valence-corrected chi connectivity index (χ0v) is 13.7.